The number of hydrogen-bond donors (Lipinski definition) is 0. The average molecular weight is 303 g/mol. The van der Waals surface area contributed by atoms with Crippen LogP contribution in [-0.4, -0.2) is 14.8 Å². The van der Waals surface area contributed by atoms with Gasteiger partial charge in [-0.3, -0.25) is 0 Å². The van der Waals surface area contributed by atoms with Gasteiger partial charge in [0, 0.05) is 16.6 Å². The molecule has 3 nitrogen and oxygen atoms in total. The van der Waals surface area contributed by atoms with Crippen LogP contribution in [0, 0.1) is 25.5 Å². The van der Waals surface area contributed by atoms with Gasteiger partial charge in [-0.25, -0.2) is 18.4 Å². The molecule has 2 heterocycles. The van der Waals surface area contributed by atoms with E-state index in [4.69, 9.17) is 0 Å². The largest absolute Gasteiger partial charge is 0.242 e. The highest BCUT2D eigenvalue weighted by Crippen LogP contribution is 2.19. The van der Waals surface area contributed by atoms with E-state index in [2.05, 4.69) is 10.1 Å². The van der Waals surface area contributed by atoms with Crippen molar-refractivity contribution in [2.45, 2.75) is 34.2 Å². The molecule has 1 aromatic carbocycles. The van der Waals surface area contributed by atoms with Crippen molar-refractivity contribution in [3.63, 3.8) is 0 Å². The molecule has 0 amide bonds. The van der Waals surface area contributed by atoms with E-state index in [1.165, 1.54) is 6.07 Å². The highest BCUT2D eigenvalue weighted by Gasteiger charge is 2.13. The monoisotopic (exact) mass is 303 g/mol. The van der Waals surface area contributed by atoms with Gasteiger partial charge < -0.3 is 0 Å². The highest BCUT2D eigenvalue weighted by atomic mass is 19.2. The minimum absolute atomic E-state index is 0.157. The van der Waals surface area contributed by atoms with Crippen LogP contribution in [0.5, 0.6) is 0 Å². The van der Waals surface area contributed by atoms with E-state index in [0.717, 1.165) is 22.8 Å². The molecule has 0 aliphatic carbocycles. The summed E-state index contributed by atoms with van der Waals surface area (Å²) in [5.41, 5.74) is 2.63. The molecule has 0 bridgehead atoms. The SMILES string of the molecule is CC.Cc1ccc2c(C)nn(Cc3cccc(F)c3F)c2n1. The van der Waals surface area contributed by atoms with Crippen molar-refractivity contribution < 1.29 is 8.78 Å². The minimum atomic E-state index is -0.847. The van der Waals surface area contributed by atoms with Gasteiger partial charge in [0.15, 0.2) is 17.3 Å². The Kier molecular flexibility index (Phi) is 4.85. The van der Waals surface area contributed by atoms with Gasteiger partial charge in [-0.2, -0.15) is 5.10 Å². The Bertz CT molecular complexity index is 794. The predicted molar refractivity (Wildman–Crippen MR) is 83.8 cm³/mol. The fraction of sp³-hybridized carbons (Fsp3) is 0.294. The van der Waals surface area contributed by atoms with Crippen molar-refractivity contribution in [1.82, 2.24) is 14.8 Å². The summed E-state index contributed by atoms with van der Waals surface area (Å²) >= 11 is 0. The number of halogens is 2. The third-order valence-corrected chi connectivity index (χ3v) is 3.27. The van der Waals surface area contributed by atoms with Crippen molar-refractivity contribution in [3.8, 4) is 0 Å². The second-order valence-corrected chi connectivity index (χ2v) is 4.78. The summed E-state index contributed by atoms with van der Waals surface area (Å²) in [5.74, 6) is -1.68. The molecule has 0 saturated carbocycles. The number of rotatable bonds is 2. The maximum Gasteiger partial charge on any atom is 0.163 e. The first-order chi connectivity index (χ1) is 10.6. The van der Waals surface area contributed by atoms with E-state index in [0.29, 0.717) is 5.65 Å². The van der Waals surface area contributed by atoms with Crippen LogP contribution in [0.3, 0.4) is 0 Å². The number of aryl methyl sites for hydroxylation is 2. The van der Waals surface area contributed by atoms with E-state index in [1.807, 2.05) is 39.8 Å². The van der Waals surface area contributed by atoms with Gasteiger partial charge in [-0.05, 0) is 32.0 Å². The zero-order valence-corrected chi connectivity index (χ0v) is 13.2. The van der Waals surface area contributed by atoms with Crippen molar-refractivity contribution in [2.24, 2.45) is 0 Å². The smallest absolute Gasteiger partial charge is 0.163 e. The molecular weight excluding hydrogens is 284 g/mol. The third kappa shape index (κ3) is 2.98. The standard InChI is InChI=1S/C15H13F2N3.C2H6/c1-9-6-7-12-10(2)19-20(15(12)18-9)8-11-4-3-5-13(16)14(11)17;1-2/h3-7H,8H2,1-2H3;1-2H3. The van der Waals surface area contributed by atoms with Crippen molar-refractivity contribution >= 4 is 11.0 Å². The Morgan fingerprint density at radius 1 is 1.05 bits per heavy atom. The van der Waals surface area contributed by atoms with Crippen LogP contribution in [0.25, 0.3) is 11.0 Å². The molecule has 0 radical (unpaired) electrons. The molecule has 0 fully saturated rings. The molecule has 5 heteroatoms. The lowest BCUT2D eigenvalue weighted by Crippen LogP contribution is -2.06. The first kappa shape index (κ1) is 16.1. The molecule has 0 saturated heterocycles. The first-order valence-electron chi connectivity index (χ1n) is 7.30. The Morgan fingerprint density at radius 3 is 2.50 bits per heavy atom. The average Bonchev–Trinajstić information content (AvgIpc) is 2.82. The molecule has 3 aromatic rings. The maximum atomic E-state index is 13.7. The first-order valence-corrected chi connectivity index (χ1v) is 7.30. The van der Waals surface area contributed by atoms with E-state index < -0.39 is 11.6 Å². The summed E-state index contributed by atoms with van der Waals surface area (Å²) in [6.45, 7) is 7.91. The summed E-state index contributed by atoms with van der Waals surface area (Å²) in [7, 11) is 0. The number of fused-ring (bicyclic) bond motifs is 1. The van der Waals surface area contributed by atoms with Crippen LogP contribution in [0.1, 0.15) is 30.8 Å². The van der Waals surface area contributed by atoms with Crippen LogP contribution in [-0.2, 0) is 6.54 Å². The molecule has 22 heavy (non-hydrogen) atoms. The number of benzene rings is 1. The molecular formula is C17H19F2N3. The quantitative estimate of drug-likeness (QED) is 0.702. The molecule has 2 aromatic heterocycles. The highest BCUT2D eigenvalue weighted by molar-refractivity contribution is 5.78. The Hall–Kier alpha value is -2.30. The van der Waals surface area contributed by atoms with E-state index in [9.17, 15) is 8.78 Å². The van der Waals surface area contributed by atoms with Crippen LogP contribution >= 0.6 is 0 Å². The summed E-state index contributed by atoms with van der Waals surface area (Å²) in [5, 5.41) is 5.29. The van der Waals surface area contributed by atoms with E-state index in [1.54, 1.807) is 10.7 Å². The van der Waals surface area contributed by atoms with Crippen molar-refractivity contribution in [2.75, 3.05) is 0 Å². The van der Waals surface area contributed by atoms with Gasteiger partial charge in [-0.15, -0.1) is 0 Å². The summed E-state index contributed by atoms with van der Waals surface area (Å²) < 4.78 is 28.6. The normalized spacial score (nSPS) is 10.5. The van der Waals surface area contributed by atoms with Crippen LogP contribution in [0.15, 0.2) is 30.3 Å². The fourth-order valence-corrected chi connectivity index (χ4v) is 2.25. The van der Waals surface area contributed by atoms with E-state index >= 15 is 0 Å². The molecule has 0 atom stereocenters. The van der Waals surface area contributed by atoms with E-state index in [-0.39, 0.29) is 12.1 Å². The van der Waals surface area contributed by atoms with Crippen molar-refractivity contribution in [1.29, 1.82) is 0 Å². The van der Waals surface area contributed by atoms with Gasteiger partial charge >= 0.3 is 0 Å². The summed E-state index contributed by atoms with van der Waals surface area (Å²) in [6.07, 6.45) is 0. The lowest BCUT2D eigenvalue weighted by molar-refractivity contribution is 0.492. The molecule has 0 aliphatic heterocycles. The molecule has 3 rings (SSSR count). The molecule has 0 spiro atoms. The summed E-state index contributed by atoms with van der Waals surface area (Å²) in [4.78, 5) is 4.43. The predicted octanol–water partition coefficient (Wildman–Crippen LogP) is 4.40. The van der Waals surface area contributed by atoms with Gasteiger partial charge in [0.2, 0.25) is 0 Å². The lowest BCUT2D eigenvalue weighted by Gasteiger charge is -2.05. The maximum absolute atomic E-state index is 13.7. The van der Waals surface area contributed by atoms with Gasteiger partial charge in [0.1, 0.15) is 0 Å². The number of nitrogens with zero attached hydrogens (tertiary/aromatic N) is 3. The van der Waals surface area contributed by atoms with Gasteiger partial charge in [0.25, 0.3) is 0 Å². The number of aromatic nitrogens is 3. The molecule has 0 aliphatic rings. The topological polar surface area (TPSA) is 30.7 Å². The fourth-order valence-electron chi connectivity index (χ4n) is 2.25. The number of hydrogen-bond acceptors (Lipinski definition) is 2. The van der Waals surface area contributed by atoms with Gasteiger partial charge in [-0.1, -0.05) is 26.0 Å². The van der Waals surface area contributed by atoms with Crippen LogP contribution in [0.4, 0.5) is 8.78 Å². The Morgan fingerprint density at radius 2 is 1.77 bits per heavy atom. The summed E-state index contributed by atoms with van der Waals surface area (Å²) in [6, 6.07) is 8.00. The second-order valence-electron chi connectivity index (χ2n) is 4.78. The molecule has 0 unspecified atom stereocenters. The Balaban J connectivity index is 0.000000847. The minimum Gasteiger partial charge on any atom is -0.242 e. The van der Waals surface area contributed by atoms with Crippen molar-refractivity contribution in [3.05, 3.63) is 58.9 Å². The lowest BCUT2D eigenvalue weighted by atomic mass is 10.2. The van der Waals surface area contributed by atoms with Gasteiger partial charge in [0.05, 0.1) is 12.2 Å². The molecule has 116 valence electrons. The third-order valence-electron chi connectivity index (χ3n) is 3.27. The Labute approximate surface area is 128 Å². The van der Waals surface area contributed by atoms with Crippen LogP contribution in [0.2, 0.25) is 0 Å². The van der Waals surface area contributed by atoms with Crippen LogP contribution < -0.4 is 0 Å². The second kappa shape index (κ2) is 6.64. The number of pyridine rings is 1. The molecule has 0 N–H and O–H groups in total. The zero-order valence-electron chi connectivity index (χ0n) is 13.2. The zero-order chi connectivity index (χ0) is 16.3.